The van der Waals surface area contributed by atoms with E-state index in [1.807, 2.05) is 26.8 Å². The zero-order chi connectivity index (χ0) is 10.9. The van der Waals surface area contributed by atoms with Crippen molar-refractivity contribution in [2.24, 2.45) is 0 Å². The van der Waals surface area contributed by atoms with Crippen LogP contribution in [0.1, 0.15) is 35.3 Å². The Morgan fingerprint density at radius 3 is 2.21 bits per heavy atom. The molecule has 0 heterocycles. The molecule has 1 aromatic rings. The monoisotopic (exact) mass is 194 g/mol. The molecule has 14 heavy (non-hydrogen) atoms. The lowest BCUT2D eigenvalue weighted by Crippen LogP contribution is -2.02. The largest absolute Gasteiger partial charge is 0.496 e. The molecule has 0 aliphatic heterocycles. The maximum absolute atomic E-state index is 9.63. The molecule has 1 aromatic carbocycles. The minimum Gasteiger partial charge on any atom is -0.496 e. The number of methoxy groups -OCH3 is 1. The Morgan fingerprint density at radius 1 is 1.21 bits per heavy atom. The Labute approximate surface area is 85.5 Å². The molecule has 1 N–H and O–H groups in total. The quantitative estimate of drug-likeness (QED) is 0.784. The molecule has 2 nitrogen and oxygen atoms in total. The molecule has 0 amide bonds. The molecular weight excluding hydrogens is 176 g/mol. The highest BCUT2D eigenvalue weighted by Crippen LogP contribution is 2.30. The first-order chi connectivity index (χ1) is 6.49. The van der Waals surface area contributed by atoms with Crippen molar-refractivity contribution in [3.63, 3.8) is 0 Å². The lowest BCUT2D eigenvalue weighted by molar-refractivity contribution is 0.197. The molecule has 0 saturated carbocycles. The summed E-state index contributed by atoms with van der Waals surface area (Å²) in [4.78, 5) is 0. The first-order valence-electron chi connectivity index (χ1n) is 4.81. The summed E-state index contributed by atoms with van der Waals surface area (Å²) in [7, 11) is 1.67. The van der Waals surface area contributed by atoms with Gasteiger partial charge in [-0.15, -0.1) is 0 Å². The second kappa shape index (κ2) is 4.01. The first kappa shape index (κ1) is 11.1. The van der Waals surface area contributed by atoms with E-state index in [1.165, 1.54) is 0 Å². The van der Waals surface area contributed by atoms with Gasteiger partial charge in [0.25, 0.3) is 0 Å². The van der Waals surface area contributed by atoms with Crippen LogP contribution in [-0.4, -0.2) is 12.2 Å². The van der Waals surface area contributed by atoms with E-state index in [0.717, 1.165) is 28.0 Å². The second-order valence-electron chi connectivity index (χ2n) is 3.74. The van der Waals surface area contributed by atoms with Gasteiger partial charge >= 0.3 is 0 Å². The fourth-order valence-electron chi connectivity index (χ4n) is 1.92. The molecule has 0 aliphatic rings. The summed E-state index contributed by atoms with van der Waals surface area (Å²) in [5, 5.41) is 9.63. The van der Waals surface area contributed by atoms with Crippen LogP contribution in [-0.2, 0) is 0 Å². The van der Waals surface area contributed by atoms with Crippen LogP contribution in [0.2, 0.25) is 0 Å². The number of rotatable bonds is 2. The summed E-state index contributed by atoms with van der Waals surface area (Å²) in [5.41, 5.74) is 4.33. The zero-order valence-electron chi connectivity index (χ0n) is 9.51. The molecule has 0 saturated heterocycles. The minimum absolute atomic E-state index is 0.417. The van der Waals surface area contributed by atoms with Crippen LogP contribution in [0.4, 0.5) is 0 Å². The average Bonchev–Trinajstić information content (AvgIpc) is 2.10. The summed E-state index contributed by atoms with van der Waals surface area (Å²) in [5.74, 6) is 0.893. The Balaban J connectivity index is 3.41. The normalized spacial score (nSPS) is 12.7. The topological polar surface area (TPSA) is 29.5 Å². The van der Waals surface area contributed by atoms with Gasteiger partial charge < -0.3 is 9.84 Å². The van der Waals surface area contributed by atoms with Gasteiger partial charge in [-0.1, -0.05) is 0 Å². The second-order valence-corrected chi connectivity index (χ2v) is 3.74. The SMILES string of the molecule is COc1cc(C)c(C(C)O)c(C)c1C. The van der Waals surface area contributed by atoms with E-state index in [1.54, 1.807) is 14.0 Å². The number of benzene rings is 1. The van der Waals surface area contributed by atoms with Gasteiger partial charge in [0.1, 0.15) is 5.75 Å². The van der Waals surface area contributed by atoms with Crippen molar-refractivity contribution in [2.45, 2.75) is 33.8 Å². The summed E-state index contributed by atoms with van der Waals surface area (Å²) in [6.45, 7) is 7.82. The van der Waals surface area contributed by atoms with Crippen LogP contribution in [0.3, 0.4) is 0 Å². The third-order valence-corrected chi connectivity index (χ3v) is 2.75. The van der Waals surface area contributed by atoms with Crippen molar-refractivity contribution in [1.29, 1.82) is 0 Å². The number of aryl methyl sites for hydroxylation is 1. The van der Waals surface area contributed by atoms with Gasteiger partial charge in [-0.25, -0.2) is 0 Å². The van der Waals surface area contributed by atoms with Gasteiger partial charge in [-0.3, -0.25) is 0 Å². The molecule has 2 heteroatoms. The van der Waals surface area contributed by atoms with Gasteiger partial charge in [0.05, 0.1) is 13.2 Å². The number of aliphatic hydroxyl groups is 1. The van der Waals surface area contributed by atoms with Gasteiger partial charge in [-0.2, -0.15) is 0 Å². The third kappa shape index (κ3) is 1.75. The molecule has 0 aromatic heterocycles. The zero-order valence-corrected chi connectivity index (χ0v) is 9.51. The lowest BCUT2D eigenvalue weighted by Gasteiger charge is -2.17. The highest BCUT2D eigenvalue weighted by molar-refractivity contribution is 5.48. The van der Waals surface area contributed by atoms with Crippen LogP contribution in [0.15, 0.2) is 6.07 Å². The van der Waals surface area contributed by atoms with E-state index in [4.69, 9.17) is 4.74 Å². The molecule has 78 valence electrons. The predicted octanol–water partition coefficient (Wildman–Crippen LogP) is 2.67. The maximum Gasteiger partial charge on any atom is 0.122 e. The van der Waals surface area contributed by atoms with Crippen molar-refractivity contribution in [3.8, 4) is 5.75 Å². The molecular formula is C12H18O2. The summed E-state index contributed by atoms with van der Waals surface area (Å²) in [6, 6.07) is 1.98. The number of hydrogen-bond acceptors (Lipinski definition) is 2. The van der Waals surface area contributed by atoms with E-state index < -0.39 is 6.10 Å². The van der Waals surface area contributed by atoms with Crippen LogP contribution in [0.25, 0.3) is 0 Å². The van der Waals surface area contributed by atoms with Crippen molar-refractivity contribution >= 4 is 0 Å². The summed E-state index contributed by atoms with van der Waals surface area (Å²) in [6.07, 6.45) is -0.417. The number of aliphatic hydroxyl groups excluding tert-OH is 1. The molecule has 1 rings (SSSR count). The van der Waals surface area contributed by atoms with Crippen LogP contribution in [0, 0.1) is 20.8 Å². The van der Waals surface area contributed by atoms with E-state index in [0.29, 0.717) is 0 Å². The highest BCUT2D eigenvalue weighted by Gasteiger charge is 2.13. The van der Waals surface area contributed by atoms with E-state index in [-0.39, 0.29) is 0 Å². The van der Waals surface area contributed by atoms with Gasteiger partial charge in [-0.05, 0) is 56.0 Å². The Morgan fingerprint density at radius 2 is 1.79 bits per heavy atom. The van der Waals surface area contributed by atoms with Crippen molar-refractivity contribution < 1.29 is 9.84 Å². The highest BCUT2D eigenvalue weighted by atomic mass is 16.5. The van der Waals surface area contributed by atoms with Gasteiger partial charge in [0.2, 0.25) is 0 Å². The Kier molecular flexibility index (Phi) is 3.17. The van der Waals surface area contributed by atoms with E-state index in [9.17, 15) is 5.11 Å². The number of ether oxygens (including phenoxy) is 1. The van der Waals surface area contributed by atoms with E-state index in [2.05, 4.69) is 0 Å². The first-order valence-corrected chi connectivity index (χ1v) is 4.81. The molecule has 0 spiro atoms. The molecule has 0 radical (unpaired) electrons. The van der Waals surface area contributed by atoms with E-state index >= 15 is 0 Å². The fraction of sp³-hybridized carbons (Fsp3) is 0.500. The third-order valence-electron chi connectivity index (χ3n) is 2.75. The summed E-state index contributed by atoms with van der Waals surface area (Å²) >= 11 is 0. The predicted molar refractivity (Wildman–Crippen MR) is 57.8 cm³/mol. The van der Waals surface area contributed by atoms with Crippen LogP contribution in [0.5, 0.6) is 5.75 Å². The Bertz CT molecular complexity index is 341. The fourth-order valence-corrected chi connectivity index (χ4v) is 1.92. The Hall–Kier alpha value is -1.02. The van der Waals surface area contributed by atoms with Crippen LogP contribution >= 0.6 is 0 Å². The maximum atomic E-state index is 9.63. The minimum atomic E-state index is -0.417. The van der Waals surface area contributed by atoms with Crippen molar-refractivity contribution in [1.82, 2.24) is 0 Å². The molecule has 1 unspecified atom stereocenters. The lowest BCUT2D eigenvalue weighted by atomic mass is 9.94. The van der Waals surface area contributed by atoms with Gasteiger partial charge in [0.15, 0.2) is 0 Å². The molecule has 0 bridgehead atoms. The molecule has 1 atom stereocenters. The van der Waals surface area contributed by atoms with Crippen LogP contribution < -0.4 is 4.74 Å². The van der Waals surface area contributed by atoms with Crippen molar-refractivity contribution in [3.05, 3.63) is 28.3 Å². The standard InChI is InChI=1S/C12H18O2/c1-7-6-11(14-5)8(2)9(3)12(7)10(4)13/h6,10,13H,1-5H3. The van der Waals surface area contributed by atoms with Crippen molar-refractivity contribution in [2.75, 3.05) is 7.11 Å². The molecule has 0 aliphatic carbocycles. The smallest absolute Gasteiger partial charge is 0.122 e. The molecule has 0 fully saturated rings. The number of hydrogen-bond donors (Lipinski definition) is 1. The summed E-state index contributed by atoms with van der Waals surface area (Å²) < 4.78 is 5.26. The van der Waals surface area contributed by atoms with Gasteiger partial charge in [0, 0.05) is 0 Å². The average molecular weight is 194 g/mol.